The maximum Gasteiger partial charge on any atom is 0.241 e. The molecular formula is C20H22N4O2S. The van der Waals surface area contributed by atoms with Gasteiger partial charge in [0, 0.05) is 24.7 Å². The van der Waals surface area contributed by atoms with Crippen LogP contribution in [0.15, 0.2) is 41.9 Å². The van der Waals surface area contributed by atoms with Crippen LogP contribution < -0.4 is 5.32 Å². The number of rotatable bonds is 5. The molecule has 1 N–H and O–H groups in total. The van der Waals surface area contributed by atoms with Crippen LogP contribution in [0, 0.1) is 0 Å². The maximum atomic E-state index is 12.5. The predicted molar refractivity (Wildman–Crippen MR) is 106 cm³/mol. The number of piperidine rings is 1. The largest absolute Gasteiger partial charge is 0.345 e. The van der Waals surface area contributed by atoms with Crippen molar-refractivity contribution in [1.29, 1.82) is 0 Å². The summed E-state index contributed by atoms with van der Waals surface area (Å²) in [6.45, 7) is 1.79. The summed E-state index contributed by atoms with van der Waals surface area (Å²) in [5.74, 6) is -0.182. The zero-order valence-corrected chi connectivity index (χ0v) is 15.9. The summed E-state index contributed by atoms with van der Waals surface area (Å²) in [6, 6.07) is 9.97. The highest BCUT2D eigenvalue weighted by Gasteiger charge is 2.18. The van der Waals surface area contributed by atoms with Crippen molar-refractivity contribution in [2.45, 2.75) is 25.8 Å². The van der Waals surface area contributed by atoms with E-state index in [0.29, 0.717) is 0 Å². The molecule has 0 atom stereocenters. The Bertz CT molecular complexity index is 942. The number of likely N-dealkylation sites (tertiary alicyclic amines) is 1. The first kappa shape index (κ1) is 17.7. The second-order valence-corrected chi connectivity index (χ2v) is 7.68. The van der Waals surface area contributed by atoms with Gasteiger partial charge in [0.05, 0.1) is 17.1 Å². The van der Waals surface area contributed by atoms with Crippen molar-refractivity contribution in [2.24, 2.45) is 0 Å². The lowest BCUT2D eigenvalue weighted by Crippen LogP contribution is -2.43. The third kappa shape index (κ3) is 3.88. The number of hydrogen-bond acceptors (Lipinski definition) is 4. The molecule has 140 valence electrons. The minimum atomic E-state index is -0.179. The van der Waals surface area contributed by atoms with Crippen LogP contribution >= 0.6 is 11.3 Å². The van der Waals surface area contributed by atoms with Gasteiger partial charge < -0.3 is 14.8 Å². The van der Waals surface area contributed by atoms with Crippen LogP contribution in [0.5, 0.6) is 0 Å². The highest BCUT2D eigenvalue weighted by Crippen LogP contribution is 2.30. The second-order valence-electron chi connectivity index (χ2n) is 6.73. The third-order valence-electron chi connectivity index (χ3n) is 4.88. The van der Waals surface area contributed by atoms with E-state index in [4.69, 9.17) is 0 Å². The normalized spacial score (nSPS) is 14.4. The molecule has 27 heavy (non-hydrogen) atoms. The monoisotopic (exact) mass is 382 g/mol. The van der Waals surface area contributed by atoms with Crippen molar-refractivity contribution in [3.63, 3.8) is 0 Å². The molecule has 3 aromatic rings. The molecule has 0 radical (unpaired) electrons. The quantitative estimate of drug-likeness (QED) is 0.738. The Hall–Kier alpha value is -2.67. The van der Waals surface area contributed by atoms with Gasteiger partial charge in [-0.1, -0.05) is 6.07 Å². The Morgan fingerprint density at radius 1 is 1.15 bits per heavy atom. The smallest absolute Gasteiger partial charge is 0.241 e. The van der Waals surface area contributed by atoms with Crippen LogP contribution in [0.4, 0.5) is 0 Å². The molecule has 1 saturated heterocycles. The van der Waals surface area contributed by atoms with E-state index in [0.717, 1.165) is 47.5 Å². The molecule has 0 unspecified atom stereocenters. The molecule has 1 aliphatic rings. The van der Waals surface area contributed by atoms with Crippen LogP contribution in [0.3, 0.4) is 0 Å². The fraction of sp³-hybridized carbons (Fsp3) is 0.350. The van der Waals surface area contributed by atoms with Crippen LogP contribution in [-0.4, -0.2) is 45.9 Å². The van der Waals surface area contributed by atoms with Crippen molar-refractivity contribution in [3.05, 3.63) is 41.9 Å². The topological polar surface area (TPSA) is 67.2 Å². The maximum absolute atomic E-state index is 12.5. The molecular weight excluding hydrogens is 360 g/mol. The minimum absolute atomic E-state index is 0.00276. The van der Waals surface area contributed by atoms with Gasteiger partial charge >= 0.3 is 0 Å². The molecule has 6 nitrogen and oxygen atoms in total. The van der Waals surface area contributed by atoms with E-state index in [1.807, 2.05) is 39.1 Å². The number of thiophene rings is 1. The van der Waals surface area contributed by atoms with Crippen molar-refractivity contribution in [1.82, 2.24) is 19.8 Å². The molecule has 2 amide bonds. The summed E-state index contributed by atoms with van der Waals surface area (Å²) < 4.78 is 1.92. The lowest BCUT2D eigenvalue weighted by atomic mass is 10.1. The molecule has 0 spiro atoms. The Morgan fingerprint density at radius 3 is 2.78 bits per heavy atom. The van der Waals surface area contributed by atoms with Gasteiger partial charge in [0.2, 0.25) is 11.8 Å². The lowest BCUT2D eigenvalue weighted by Gasteiger charge is -2.26. The number of fused-ring (bicyclic) bond motifs is 1. The predicted octanol–water partition coefficient (Wildman–Crippen LogP) is 2.89. The first-order valence-electron chi connectivity index (χ1n) is 9.25. The standard InChI is InChI=1S/C20H22N4O2S/c25-18(22-13-19(26)23-9-2-1-3-10-23)14-24-16(17-7-5-11-27-17)12-15-6-4-8-21-20(15)24/h4-8,11-12H,1-3,9-10,13-14H2,(H,22,25). The minimum Gasteiger partial charge on any atom is -0.345 e. The first-order chi connectivity index (χ1) is 13.2. The highest BCUT2D eigenvalue weighted by molar-refractivity contribution is 7.13. The van der Waals surface area contributed by atoms with Crippen LogP contribution in [0.1, 0.15) is 19.3 Å². The summed E-state index contributed by atoms with van der Waals surface area (Å²) >= 11 is 1.63. The summed E-state index contributed by atoms with van der Waals surface area (Å²) in [6.07, 6.45) is 5.00. The van der Waals surface area contributed by atoms with Crippen LogP contribution in [-0.2, 0) is 16.1 Å². The lowest BCUT2D eigenvalue weighted by molar-refractivity contribution is -0.133. The molecule has 0 bridgehead atoms. The molecule has 0 saturated carbocycles. The summed E-state index contributed by atoms with van der Waals surface area (Å²) in [5, 5.41) is 5.79. The van der Waals surface area contributed by atoms with E-state index >= 15 is 0 Å². The zero-order valence-electron chi connectivity index (χ0n) is 15.1. The molecule has 4 heterocycles. The fourth-order valence-corrected chi connectivity index (χ4v) is 4.25. The molecule has 0 aromatic carbocycles. The number of pyridine rings is 1. The number of aromatic nitrogens is 2. The second kappa shape index (κ2) is 7.92. The van der Waals surface area contributed by atoms with Crippen molar-refractivity contribution in [3.8, 4) is 10.6 Å². The number of nitrogens with one attached hydrogen (secondary N) is 1. The Balaban J connectivity index is 1.48. The van der Waals surface area contributed by atoms with Crippen molar-refractivity contribution < 1.29 is 9.59 Å². The summed E-state index contributed by atoms with van der Waals surface area (Å²) in [7, 11) is 0. The van der Waals surface area contributed by atoms with E-state index in [1.54, 1.807) is 17.5 Å². The Morgan fingerprint density at radius 2 is 2.00 bits per heavy atom. The van der Waals surface area contributed by atoms with E-state index in [2.05, 4.69) is 16.4 Å². The van der Waals surface area contributed by atoms with Gasteiger partial charge in [0.25, 0.3) is 0 Å². The van der Waals surface area contributed by atoms with E-state index in [-0.39, 0.29) is 24.9 Å². The number of amides is 2. The van der Waals surface area contributed by atoms with Gasteiger partial charge in [-0.2, -0.15) is 0 Å². The van der Waals surface area contributed by atoms with E-state index in [9.17, 15) is 9.59 Å². The van der Waals surface area contributed by atoms with Gasteiger partial charge in [-0.25, -0.2) is 4.98 Å². The number of carbonyl (C=O) groups excluding carboxylic acids is 2. The number of nitrogens with zero attached hydrogens (tertiary/aromatic N) is 3. The zero-order chi connectivity index (χ0) is 18.6. The third-order valence-corrected chi connectivity index (χ3v) is 5.77. The van der Waals surface area contributed by atoms with Gasteiger partial charge in [-0.05, 0) is 48.9 Å². The Kier molecular flexibility index (Phi) is 5.20. The number of carbonyl (C=O) groups is 2. The molecule has 1 fully saturated rings. The van der Waals surface area contributed by atoms with Gasteiger partial charge in [0.15, 0.2) is 0 Å². The molecule has 1 aliphatic heterocycles. The fourth-order valence-electron chi connectivity index (χ4n) is 3.50. The van der Waals surface area contributed by atoms with Crippen LogP contribution in [0.25, 0.3) is 21.6 Å². The SMILES string of the molecule is O=C(Cn1c(-c2cccs2)cc2cccnc21)NCC(=O)N1CCCCC1. The van der Waals surface area contributed by atoms with E-state index < -0.39 is 0 Å². The summed E-state index contributed by atoms with van der Waals surface area (Å²) in [4.78, 5) is 32.2. The first-order valence-corrected chi connectivity index (χ1v) is 10.1. The Labute approximate surface area is 161 Å². The average molecular weight is 382 g/mol. The number of hydrogen-bond donors (Lipinski definition) is 1. The molecule has 0 aliphatic carbocycles. The summed E-state index contributed by atoms with van der Waals surface area (Å²) in [5.41, 5.74) is 1.75. The molecule has 7 heteroatoms. The molecule has 3 aromatic heterocycles. The van der Waals surface area contributed by atoms with Crippen molar-refractivity contribution in [2.75, 3.05) is 19.6 Å². The van der Waals surface area contributed by atoms with Crippen LogP contribution in [0.2, 0.25) is 0 Å². The van der Waals surface area contributed by atoms with Gasteiger partial charge in [0.1, 0.15) is 12.2 Å². The van der Waals surface area contributed by atoms with E-state index in [1.165, 1.54) is 6.42 Å². The highest BCUT2D eigenvalue weighted by atomic mass is 32.1. The van der Waals surface area contributed by atoms with Gasteiger partial charge in [-0.15, -0.1) is 11.3 Å². The molecule has 4 rings (SSSR count). The average Bonchev–Trinajstić information content (AvgIpc) is 3.35. The van der Waals surface area contributed by atoms with Crippen molar-refractivity contribution >= 4 is 34.2 Å². The van der Waals surface area contributed by atoms with Gasteiger partial charge in [-0.3, -0.25) is 9.59 Å².